The number of hydrogen-bond donors (Lipinski definition) is 2. The number of nitrogens with zero attached hydrogens (tertiary/aromatic N) is 2. The van der Waals surface area contributed by atoms with Gasteiger partial charge in [-0.3, -0.25) is 9.59 Å². The number of H-pyrrole nitrogens is 1. The normalized spacial score (nSPS) is 17.1. The molecule has 1 aliphatic carbocycles. The van der Waals surface area contributed by atoms with Crippen LogP contribution in [0.3, 0.4) is 0 Å². The average Bonchev–Trinajstić information content (AvgIpc) is 3.29. The van der Waals surface area contributed by atoms with Gasteiger partial charge < -0.3 is 10.2 Å². The van der Waals surface area contributed by atoms with Crippen LogP contribution in [-0.4, -0.2) is 46.7 Å². The van der Waals surface area contributed by atoms with Gasteiger partial charge in [0, 0.05) is 30.9 Å². The molecule has 0 spiro atoms. The highest BCUT2D eigenvalue weighted by atomic mass is 19.1. The highest BCUT2D eigenvalue weighted by molar-refractivity contribution is 5.95. The minimum atomic E-state index is -0.514. The Morgan fingerprint density at radius 2 is 1.88 bits per heavy atom. The zero-order chi connectivity index (χ0) is 22.1. The molecule has 32 heavy (non-hydrogen) atoms. The van der Waals surface area contributed by atoms with Crippen LogP contribution in [-0.2, 0) is 6.42 Å². The second kappa shape index (κ2) is 8.82. The summed E-state index contributed by atoms with van der Waals surface area (Å²) in [5.41, 5.74) is 1.31. The van der Waals surface area contributed by atoms with E-state index in [1.807, 2.05) is 12.1 Å². The predicted octanol–water partition coefficient (Wildman–Crippen LogP) is 3.26. The SMILES string of the molecule is O=C(c1cc(Cc2n[nH]c(=O)c3ccccc23)ccc1F)N1CC(NCC2CCCC2)C1. The second-order valence-corrected chi connectivity index (χ2v) is 9.00. The van der Waals surface area contributed by atoms with Crippen molar-refractivity contribution < 1.29 is 9.18 Å². The molecule has 166 valence electrons. The summed E-state index contributed by atoms with van der Waals surface area (Å²) in [5.74, 6) is -0.0329. The van der Waals surface area contributed by atoms with Crippen molar-refractivity contribution in [2.45, 2.75) is 38.1 Å². The number of aromatic amines is 1. The van der Waals surface area contributed by atoms with Crippen LogP contribution in [0.4, 0.5) is 4.39 Å². The fourth-order valence-electron chi connectivity index (χ4n) is 4.84. The van der Waals surface area contributed by atoms with Crippen LogP contribution in [0.15, 0.2) is 47.3 Å². The van der Waals surface area contributed by atoms with Gasteiger partial charge in [0.1, 0.15) is 5.82 Å². The summed E-state index contributed by atoms with van der Waals surface area (Å²) in [6.07, 6.45) is 5.62. The Hall–Kier alpha value is -3.06. The minimum Gasteiger partial charge on any atom is -0.335 e. The van der Waals surface area contributed by atoms with Crippen LogP contribution >= 0.6 is 0 Å². The summed E-state index contributed by atoms with van der Waals surface area (Å²) in [7, 11) is 0. The van der Waals surface area contributed by atoms with Gasteiger partial charge >= 0.3 is 0 Å². The molecule has 0 radical (unpaired) electrons. The maximum absolute atomic E-state index is 14.5. The van der Waals surface area contributed by atoms with E-state index >= 15 is 0 Å². The summed E-state index contributed by atoms with van der Waals surface area (Å²) in [6, 6.07) is 12.2. The van der Waals surface area contributed by atoms with E-state index in [1.54, 1.807) is 29.2 Å². The third kappa shape index (κ3) is 4.17. The van der Waals surface area contributed by atoms with Crippen LogP contribution in [0.1, 0.15) is 47.3 Å². The van der Waals surface area contributed by atoms with E-state index < -0.39 is 5.82 Å². The van der Waals surface area contributed by atoms with Crippen molar-refractivity contribution >= 4 is 16.7 Å². The number of likely N-dealkylation sites (tertiary alicyclic amines) is 1. The number of nitrogens with one attached hydrogen (secondary N) is 2. The van der Waals surface area contributed by atoms with Crippen molar-refractivity contribution in [2.24, 2.45) is 5.92 Å². The Morgan fingerprint density at radius 3 is 2.66 bits per heavy atom. The summed E-state index contributed by atoms with van der Waals surface area (Å²) in [4.78, 5) is 26.6. The van der Waals surface area contributed by atoms with Crippen molar-refractivity contribution in [2.75, 3.05) is 19.6 Å². The van der Waals surface area contributed by atoms with E-state index in [9.17, 15) is 14.0 Å². The molecule has 5 rings (SSSR count). The Balaban J connectivity index is 1.27. The number of aromatic nitrogens is 2. The zero-order valence-corrected chi connectivity index (χ0v) is 17.9. The molecule has 6 nitrogen and oxygen atoms in total. The third-order valence-electron chi connectivity index (χ3n) is 6.75. The van der Waals surface area contributed by atoms with E-state index in [1.165, 1.54) is 31.7 Å². The molecule has 2 fully saturated rings. The molecule has 1 saturated heterocycles. The Kier molecular flexibility index (Phi) is 5.74. The van der Waals surface area contributed by atoms with Crippen LogP contribution in [0, 0.1) is 11.7 Å². The van der Waals surface area contributed by atoms with Crippen LogP contribution in [0.5, 0.6) is 0 Å². The van der Waals surface area contributed by atoms with Crippen molar-refractivity contribution in [1.29, 1.82) is 0 Å². The van der Waals surface area contributed by atoms with E-state index in [2.05, 4.69) is 15.5 Å². The molecule has 3 aromatic rings. The van der Waals surface area contributed by atoms with Crippen molar-refractivity contribution in [3.8, 4) is 0 Å². The van der Waals surface area contributed by atoms with Gasteiger partial charge in [-0.2, -0.15) is 5.10 Å². The van der Waals surface area contributed by atoms with Gasteiger partial charge in [0.2, 0.25) is 0 Å². The largest absolute Gasteiger partial charge is 0.335 e. The first-order chi connectivity index (χ1) is 15.6. The lowest BCUT2D eigenvalue weighted by atomic mass is 10.00. The topological polar surface area (TPSA) is 78.1 Å². The van der Waals surface area contributed by atoms with Crippen LogP contribution in [0.2, 0.25) is 0 Å². The molecular formula is C25H27FN4O2. The first-order valence-electron chi connectivity index (χ1n) is 11.4. The minimum absolute atomic E-state index is 0.0884. The molecule has 1 saturated carbocycles. The molecule has 2 aromatic carbocycles. The van der Waals surface area contributed by atoms with Gasteiger partial charge in [0.25, 0.3) is 11.5 Å². The Bertz CT molecular complexity index is 1200. The van der Waals surface area contributed by atoms with Gasteiger partial charge in [-0.1, -0.05) is 37.1 Å². The number of halogens is 1. The first-order valence-corrected chi connectivity index (χ1v) is 11.4. The molecule has 0 unspecified atom stereocenters. The standard InChI is InChI=1S/C25H27FN4O2/c26-22-10-9-17(12-23-19-7-3-4-8-20(19)24(31)29-28-23)11-21(22)25(32)30-14-18(15-30)27-13-16-5-1-2-6-16/h3-4,7-11,16,18,27H,1-2,5-6,12-15H2,(H,29,31). The van der Waals surface area contributed by atoms with Crippen LogP contribution < -0.4 is 10.9 Å². The molecule has 0 bridgehead atoms. The molecule has 0 atom stereocenters. The fourth-order valence-corrected chi connectivity index (χ4v) is 4.84. The van der Waals surface area contributed by atoms with E-state index in [-0.39, 0.29) is 17.0 Å². The number of rotatable bonds is 6. The Morgan fingerprint density at radius 1 is 1.12 bits per heavy atom. The lowest BCUT2D eigenvalue weighted by molar-refractivity contribution is 0.0558. The number of fused-ring (bicyclic) bond motifs is 1. The lowest BCUT2D eigenvalue weighted by Crippen LogP contribution is -2.60. The maximum atomic E-state index is 14.5. The lowest BCUT2D eigenvalue weighted by Gasteiger charge is -2.40. The first kappa shape index (κ1) is 20.8. The highest BCUT2D eigenvalue weighted by Crippen LogP contribution is 2.25. The highest BCUT2D eigenvalue weighted by Gasteiger charge is 2.32. The van der Waals surface area contributed by atoms with Gasteiger partial charge in [-0.25, -0.2) is 9.49 Å². The third-order valence-corrected chi connectivity index (χ3v) is 6.75. The van der Waals surface area contributed by atoms with E-state index in [0.29, 0.717) is 36.6 Å². The average molecular weight is 435 g/mol. The van der Waals surface area contributed by atoms with Gasteiger partial charge in [-0.15, -0.1) is 0 Å². The molecule has 1 aromatic heterocycles. The van der Waals surface area contributed by atoms with Gasteiger partial charge in [-0.05, 0) is 49.1 Å². The summed E-state index contributed by atoms with van der Waals surface area (Å²) >= 11 is 0. The van der Waals surface area contributed by atoms with Gasteiger partial charge in [0.15, 0.2) is 0 Å². The molecule has 7 heteroatoms. The second-order valence-electron chi connectivity index (χ2n) is 9.00. The van der Waals surface area contributed by atoms with Crippen molar-refractivity contribution in [1.82, 2.24) is 20.4 Å². The van der Waals surface area contributed by atoms with Crippen LogP contribution in [0.25, 0.3) is 10.8 Å². The molecule has 1 aliphatic heterocycles. The van der Waals surface area contributed by atoms with E-state index in [0.717, 1.165) is 23.4 Å². The van der Waals surface area contributed by atoms with E-state index in [4.69, 9.17) is 0 Å². The monoisotopic (exact) mass is 434 g/mol. The Labute approximate surface area is 185 Å². The predicted molar refractivity (Wildman–Crippen MR) is 121 cm³/mol. The molecule has 2 N–H and O–H groups in total. The van der Waals surface area contributed by atoms with Crippen molar-refractivity contribution in [3.63, 3.8) is 0 Å². The number of amides is 1. The van der Waals surface area contributed by atoms with Gasteiger partial charge in [0.05, 0.1) is 16.6 Å². The summed E-state index contributed by atoms with van der Waals surface area (Å²) in [6.45, 7) is 2.24. The quantitative estimate of drug-likeness (QED) is 0.624. The molecule has 1 amide bonds. The zero-order valence-electron chi connectivity index (χ0n) is 17.9. The number of carbonyl (C=O) groups is 1. The maximum Gasteiger partial charge on any atom is 0.272 e. The smallest absolute Gasteiger partial charge is 0.272 e. The number of carbonyl (C=O) groups excluding carboxylic acids is 1. The number of hydrogen-bond acceptors (Lipinski definition) is 4. The fraction of sp³-hybridized carbons (Fsp3) is 0.400. The summed E-state index contributed by atoms with van der Waals surface area (Å²) < 4.78 is 14.5. The molecular weight excluding hydrogens is 407 g/mol. The van der Waals surface area contributed by atoms with Crippen molar-refractivity contribution in [3.05, 3.63) is 75.5 Å². The summed E-state index contributed by atoms with van der Waals surface area (Å²) in [5, 5.41) is 11.6. The molecule has 2 heterocycles. The number of benzene rings is 2. The molecule has 2 aliphatic rings.